The zero-order valence-electron chi connectivity index (χ0n) is 18.9. The molecule has 1 heterocycles. The molecule has 166 valence electrons. The quantitative estimate of drug-likeness (QED) is 0.370. The molecule has 0 fully saturated rings. The smallest absolute Gasteiger partial charge is 0.142 e. The minimum atomic E-state index is 0.147. The van der Waals surface area contributed by atoms with Crippen molar-refractivity contribution in [2.24, 2.45) is 0 Å². The van der Waals surface area contributed by atoms with Crippen molar-refractivity contribution in [2.75, 3.05) is 18.5 Å². The summed E-state index contributed by atoms with van der Waals surface area (Å²) in [6.07, 6.45) is 4.76. The van der Waals surface area contributed by atoms with Crippen LogP contribution >= 0.6 is 0 Å². The second-order valence-electron chi connectivity index (χ2n) is 7.77. The fraction of sp³-hybridized carbons (Fsp3) is 0.346. The number of benzene rings is 2. The monoisotopic (exact) mass is 431 g/mol. The standard InChI is InChI=1S/C26H29N3O3/c1-4-5-12-32-25-15-21-23(14-18(25)2)28-17-20(16-27)26(21)29-22-10-6-7-11-24(22)31-13-8-9-19(3)30/h6-7,10-11,14-15,17H,4-5,8-9,12-13H2,1-3H3,(H,28,29). The second kappa shape index (κ2) is 11.1. The van der Waals surface area contributed by atoms with E-state index in [2.05, 4.69) is 23.3 Å². The van der Waals surface area contributed by atoms with Crippen molar-refractivity contribution >= 4 is 28.1 Å². The first-order chi connectivity index (χ1) is 15.5. The van der Waals surface area contributed by atoms with Crippen molar-refractivity contribution in [3.63, 3.8) is 0 Å². The number of unbranched alkanes of at least 4 members (excludes halogenated alkanes) is 1. The number of ether oxygens (including phenoxy) is 2. The largest absolute Gasteiger partial charge is 0.493 e. The summed E-state index contributed by atoms with van der Waals surface area (Å²) in [6, 6.07) is 13.7. The zero-order valence-corrected chi connectivity index (χ0v) is 18.9. The van der Waals surface area contributed by atoms with E-state index in [1.54, 1.807) is 13.1 Å². The number of ketones is 1. The van der Waals surface area contributed by atoms with Crippen molar-refractivity contribution in [3.8, 4) is 17.6 Å². The van der Waals surface area contributed by atoms with Crippen LogP contribution in [-0.4, -0.2) is 24.0 Å². The Morgan fingerprint density at radius 1 is 1.12 bits per heavy atom. The first-order valence-electron chi connectivity index (χ1n) is 11.0. The average molecular weight is 432 g/mol. The van der Waals surface area contributed by atoms with Gasteiger partial charge in [-0.1, -0.05) is 25.5 Å². The molecule has 6 heteroatoms. The predicted molar refractivity (Wildman–Crippen MR) is 127 cm³/mol. The van der Waals surface area contributed by atoms with E-state index < -0.39 is 0 Å². The van der Waals surface area contributed by atoms with Crippen LogP contribution in [0, 0.1) is 18.3 Å². The van der Waals surface area contributed by atoms with Gasteiger partial charge in [0.2, 0.25) is 0 Å². The lowest BCUT2D eigenvalue weighted by Gasteiger charge is -2.17. The van der Waals surface area contributed by atoms with E-state index >= 15 is 0 Å². The SMILES string of the molecule is CCCCOc1cc2c(Nc3ccccc3OCCCC(C)=O)c(C#N)cnc2cc1C. The van der Waals surface area contributed by atoms with Crippen LogP contribution in [0.25, 0.3) is 10.9 Å². The van der Waals surface area contributed by atoms with E-state index in [0.29, 0.717) is 43.1 Å². The Labute approximate surface area is 189 Å². The number of hydrogen-bond donors (Lipinski definition) is 1. The topological polar surface area (TPSA) is 84.2 Å². The lowest BCUT2D eigenvalue weighted by atomic mass is 10.1. The van der Waals surface area contributed by atoms with Crippen LogP contribution in [0.4, 0.5) is 11.4 Å². The summed E-state index contributed by atoms with van der Waals surface area (Å²) in [6.45, 7) is 6.79. The van der Waals surface area contributed by atoms with Crippen LogP contribution in [0.2, 0.25) is 0 Å². The number of nitriles is 1. The molecule has 0 saturated carbocycles. The molecule has 6 nitrogen and oxygen atoms in total. The van der Waals surface area contributed by atoms with Crippen molar-refractivity contribution < 1.29 is 14.3 Å². The van der Waals surface area contributed by atoms with Gasteiger partial charge in [0.15, 0.2) is 0 Å². The summed E-state index contributed by atoms with van der Waals surface area (Å²) in [5.41, 5.74) is 3.64. The van der Waals surface area contributed by atoms with Crippen LogP contribution in [0.1, 0.15) is 50.7 Å². The predicted octanol–water partition coefficient (Wildman–Crippen LogP) is 6.09. The van der Waals surface area contributed by atoms with Gasteiger partial charge in [0.05, 0.1) is 35.7 Å². The highest BCUT2D eigenvalue weighted by Gasteiger charge is 2.14. The molecule has 0 amide bonds. The van der Waals surface area contributed by atoms with Gasteiger partial charge in [-0.25, -0.2) is 0 Å². The Kier molecular flexibility index (Phi) is 8.04. The second-order valence-corrected chi connectivity index (χ2v) is 7.77. The van der Waals surface area contributed by atoms with E-state index in [9.17, 15) is 10.1 Å². The Morgan fingerprint density at radius 2 is 1.88 bits per heavy atom. The van der Waals surface area contributed by atoms with Crippen LogP contribution in [0.3, 0.4) is 0 Å². The zero-order chi connectivity index (χ0) is 22.9. The van der Waals surface area contributed by atoms with Crippen LogP contribution < -0.4 is 14.8 Å². The van der Waals surface area contributed by atoms with Crippen molar-refractivity contribution in [1.29, 1.82) is 5.26 Å². The summed E-state index contributed by atoms with van der Waals surface area (Å²) in [5, 5.41) is 13.9. The van der Waals surface area contributed by atoms with E-state index in [0.717, 1.165) is 40.7 Å². The van der Waals surface area contributed by atoms with Crippen molar-refractivity contribution in [1.82, 2.24) is 4.98 Å². The molecule has 0 aliphatic carbocycles. The van der Waals surface area contributed by atoms with Gasteiger partial charge >= 0.3 is 0 Å². The van der Waals surface area contributed by atoms with Gasteiger partial charge in [0.25, 0.3) is 0 Å². The van der Waals surface area contributed by atoms with Crippen LogP contribution in [0.15, 0.2) is 42.6 Å². The van der Waals surface area contributed by atoms with Gasteiger partial charge in [-0.05, 0) is 56.5 Å². The molecule has 0 saturated heterocycles. The Bertz CT molecular complexity index is 1140. The molecule has 0 aliphatic heterocycles. The van der Waals surface area contributed by atoms with E-state index in [-0.39, 0.29) is 5.78 Å². The van der Waals surface area contributed by atoms with Gasteiger partial charge < -0.3 is 19.6 Å². The van der Waals surface area contributed by atoms with Gasteiger partial charge in [-0.15, -0.1) is 0 Å². The number of aromatic nitrogens is 1. The minimum absolute atomic E-state index is 0.147. The number of carbonyl (C=O) groups excluding carboxylic acids is 1. The fourth-order valence-electron chi connectivity index (χ4n) is 3.36. The highest BCUT2D eigenvalue weighted by molar-refractivity contribution is 5.97. The summed E-state index contributed by atoms with van der Waals surface area (Å²) in [4.78, 5) is 15.6. The Morgan fingerprint density at radius 3 is 2.62 bits per heavy atom. The van der Waals surface area contributed by atoms with E-state index in [1.165, 1.54) is 0 Å². The Hall–Kier alpha value is -3.59. The number of carbonyl (C=O) groups is 1. The molecule has 3 aromatic rings. The first-order valence-corrected chi connectivity index (χ1v) is 11.0. The average Bonchev–Trinajstić information content (AvgIpc) is 2.78. The highest BCUT2D eigenvalue weighted by Crippen LogP contribution is 2.36. The van der Waals surface area contributed by atoms with Gasteiger partial charge in [-0.2, -0.15) is 5.26 Å². The molecule has 0 aliphatic rings. The third kappa shape index (κ3) is 5.76. The normalized spacial score (nSPS) is 10.6. The molecule has 2 aromatic carbocycles. The third-order valence-electron chi connectivity index (χ3n) is 5.12. The van der Waals surface area contributed by atoms with Crippen LogP contribution in [-0.2, 0) is 4.79 Å². The summed E-state index contributed by atoms with van der Waals surface area (Å²) in [7, 11) is 0. The summed E-state index contributed by atoms with van der Waals surface area (Å²) >= 11 is 0. The summed E-state index contributed by atoms with van der Waals surface area (Å²) < 4.78 is 11.9. The molecule has 0 unspecified atom stereocenters. The maximum Gasteiger partial charge on any atom is 0.142 e. The molecule has 32 heavy (non-hydrogen) atoms. The molecule has 0 spiro atoms. The summed E-state index contributed by atoms with van der Waals surface area (Å²) in [5.74, 6) is 1.60. The maximum absolute atomic E-state index is 11.2. The van der Waals surface area contributed by atoms with Gasteiger partial charge in [-0.3, -0.25) is 4.98 Å². The van der Waals surface area contributed by atoms with Crippen LogP contribution in [0.5, 0.6) is 11.5 Å². The molecular weight excluding hydrogens is 402 g/mol. The third-order valence-corrected chi connectivity index (χ3v) is 5.12. The van der Waals surface area contributed by atoms with Crippen molar-refractivity contribution in [2.45, 2.75) is 46.5 Å². The molecular formula is C26H29N3O3. The molecule has 0 bridgehead atoms. The van der Waals surface area contributed by atoms with E-state index in [1.807, 2.05) is 43.3 Å². The first kappa shape index (κ1) is 23.1. The molecule has 3 rings (SSSR count). The Balaban J connectivity index is 1.95. The lowest BCUT2D eigenvalue weighted by Crippen LogP contribution is -2.04. The number of hydrogen-bond acceptors (Lipinski definition) is 6. The van der Waals surface area contributed by atoms with Gasteiger partial charge in [0.1, 0.15) is 23.4 Å². The molecule has 0 radical (unpaired) electrons. The number of rotatable bonds is 11. The van der Waals surface area contributed by atoms with E-state index in [4.69, 9.17) is 9.47 Å². The number of fused-ring (bicyclic) bond motifs is 1. The maximum atomic E-state index is 11.2. The fourth-order valence-corrected chi connectivity index (χ4v) is 3.36. The number of pyridine rings is 1. The number of anilines is 2. The number of nitrogens with one attached hydrogen (secondary N) is 1. The highest BCUT2D eigenvalue weighted by atomic mass is 16.5. The molecule has 0 atom stereocenters. The number of Topliss-reactive ketones (excluding diaryl/α,β-unsaturated/α-hetero) is 1. The lowest BCUT2D eigenvalue weighted by molar-refractivity contribution is -0.117. The number of aryl methyl sites for hydroxylation is 1. The number of nitrogens with zero attached hydrogens (tertiary/aromatic N) is 2. The molecule has 1 aromatic heterocycles. The number of para-hydroxylation sites is 2. The van der Waals surface area contributed by atoms with Crippen molar-refractivity contribution in [3.05, 3.63) is 53.7 Å². The van der Waals surface area contributed by atoms with Gasteiger partial charge in [0, 0.05) is 18.0 Å². The minimum Gasteiger partial charge on any atom is -0.493 e. The molecule has 1 N–H and O–H groups in total.